The molecular weight excluding hydrogens is 158 g/mol. The second kappa shape index (κ2) is 8.72. The molecule has 0 aliphatic carbocycles. The average Bonchev–Trinajstić information content (AvgIpc) is 2.14. The molecule has 0 unspecified atom stereocenters. The van der Waals surface area contributed by atoms with Crippen LogP contribution in [0.5, 0.6) is 0 Å². The van der Waals surface area contributed by atoms with E-state index in [1.54, 1.807) is 0 Å². The lowest BCUT2D eigenvalue weighted by Gasteiger charge is -1.86. The van der Waals surface area contributed by atoms with E-state index in [1.807, 2.05) is 43.5 Å². The van der Waals surface area contributed by atoms with Gasteiger partial charge < -0.3 is 0 Å². The molecule has 0 atom stereocenters. The molecule has 0 heterocycles. The number of allylic oxidation sites excluding steroid dienone is 5. The smallest absolute Gasteiger partial charge is 0.0553 e. The average molecular weight is 175 g/mol. The zero-order valence-corrected chi connectivity index (χ0v) is 8.24. The molecule has 0 fully saturated rings. The molecule has 0 aromatic rings. The fourth-order valence-electron chi connectivity index (χ4n) is 0.672. The second-order valence-electron chi connectivity index (χ2n) is 2.52. The van der Waals surface area contributed by atoms with Crippen molar-refractivity contribution in [1.29, 1.82) is 0 Å². The van der Waals surface area contributed by atoms with Crippen molar-refractivity contribution in [1.82, 2.24) is 0 Å². The zero-order valence-electron chi connectivity index (χ0n) is 8.24. The Hall–Kier alpha value is -1.37. The first-order valence-electron chi connectivity index (χ1n) is 4.46. The van der Waals surface area contributed by atoms with Crippen molar-refractivity contribution < 1.29 is 0 Å². The number of hydrogen-bond donors (Lipinski definition) is 0. The summed E-state index contributed by atoms with van der Waals surface area (Å²) in [5.41, 5.74) is 0.783. The fraction of sp³-hybridized carbons (Fsp3) is 0.250. The predicted octanol–water partition coefficient (Wildman–Crippen LogP) is 3.67. The number of nitrogens with zero attached hydrogens (tertiary/aromatic N) is 1. The van der Waals surface area contributed by atoms with E-state index in [1.165, 1.54) is 0 Å². The first-order valence-corrected chi connectivity index (χ1v) is 4.46. The molecule has 70 valence electrons. The predicted molar refractivity (Wildman–Crippen MR) is 61.0 cm³/mol. The van der Waals surface area contributed by atoms with Crippen LogP contribution in [0.4, 0.5) is 0 Å². The van der Waals surface area contributed by atoms with E-state index in [9.17, 15) is 0 Å². The molecule has 0 amide bonds. The third-order valence-electron chi connectivity index (χ3n) is 1.28. The van der Waals surface area contributed by atoms with Gasteiger partial charge in [-0.05, 0) is 18.9 Å². The van der Waals surface area contributed by atoms with Crippen LogP contribution in [-0.4, -0.2) is 6.21 Å². The van der Waals surface area contributed by atoms with Crippen LogP contribution < -0.4 is 0 Å². The van der Waals surface area contributed by atoms with E-state index in [-0.39, 0.29) is 0 Å². The van der Waals surface area contributed by atoms with Crippen molar-refractivity contribution in [2.45, 2.75) is 19.8 Å². The van der Waals surface area contributed by atoms with Gasteiger partial charge in [-0.25, -0.2) is 0 Å². The van der Waals surface area contributed by atoms with E-state index >= 15 is 0 Å². The molecule has 0 bridgehead atoms. The second-order valence-corrected chi connectivity index (χ2v) is 2.52. The van der Waals surface area contributed by atoms with Crippen molar-refractivity contribution in [3.63, 3.8) is 0 Å². The summed E-state index contributed by atoms with van der Waals surface area (Å²) >= 11 is 0. The van der Waals surface area contributed by atoms with Crippen LogP contribution in [0.3, 0.4) is 0 Å². The van der Waals surface area contributed by atoms with Crippen molar-refractivity contribution in [3.05, 3.63) is 49.2 Å². The molecule has 1 nitrogen and oxygen atoms in total. The van der Waals surface area contributed by atoms with E-state index in [4.69, 9.17) is 0 Å². The highest BCUT2D eigenvalue weighted by Crippen LogP contribution is 1.95. The minimum absolute atomic E-state index is 0.783. The summed E-state index contributed by atoms with van der Waals surface area (Å²) in [6.07, 6.45) is 13.3. The molecule has 0 aromatic carbocycles. The lowest BCUT2D eigenvalue weighted by molar-refractivity contribution is 1.29. The van der Waals surface area contributed by atoms with Gasteiger partial charge in [0.2, 0.25) is 0 Å². The normalized spacial score (nSPS) is 11.8. The maximum atomic E-state index is 4.10. The zero-order chi connectivity index (χ0) is 9.94. The summed E-state index contributed by atoms with van der Waals surface area (Å²) in [4.78, 5) is 4.10. The Labute approximate surface area is 80.9 Å². The van der Waals surface area contributed by atoms with E-state index < -0.39 is 0 Å². The molecule has 0 N–H and O–H groups in total. The van der Waals surface area contributed by atoms with Crippen molar-refractivity contribution in [2.75, 3.05) is 0 Å². The maximum absolute atomic E-state index is 4.10. The number of aliphatic imine (C=N–C) groups is 1. The van der Waals surface area contributed by atoms with Crippen LogP contribution in [-0.2, 0) is 0 Å². The van der Waals surface area contributed by atoms with Crippen molar-refractivity contribution in [3.8, 4) is 0 Å². The van der Waals surface area contributed by atoms with Crippen LogP contribution in [0.25, 0.3) is 0 Å². The monoisotopic (exact) mass is 175 g/mol. The molecule has 0 rings (SSSR count). The summed E-state index contributed by atoms with van der Waals surface area (Å²) in [5.74, 6) is 0. The SMILES string of the molecule is C=CC/C=C\C=C/C(=C)N=CCC. The Morgan fingerprint density at radius 1 is 1.38 bits per heavy atom. The Morgan fingerprint density at radius 3 is 2.77 bits per heavy atom. The quantitative estimate of drug-likeness (QED) is 0.332. The van der Waals surface area contributed by atoms with Gasteiger partial charge in [-0.15, -0.1) is 6.58 Å². The number of rotatable bonds is 6. The molecule has 0 spiro atoms. The van der Waals surface area contributed by atoms with E-state index in [2.05, 4.69) is 18.2 Å². The lowest BCUT2D eigenvalue weighted by atomic mass is 10.3. The van der Waals surface area contributed by atoms with E-state index in [0.717, 1.165) is 18.5 Å². The van der Waals surface area contributed by atoms with Gasteiger partial charge in [0.05, 0.1) is 5.70 Å². The van der Waals surface area contributed by atoms with Gasteiger partial charge in [0.1, 0.15) is 0 Å². The topological polar surface area (TPSA) is 12.4 Å². The molecule has 1 heteroatoms. The van der Waals surface area contributed by atoms with Crippen LogP contribution >= 0.6 is 0 Å². The molecule has 0 aliphatic rings. The fourth-order valence-corrected chi connectivity index (χ4v) is 0.672. The summed E-state index contributed by atoms with van der Waals surface area (Å²) in [6.45, 7) is 9.43. The summed E-state index contributed by atoms with van der Waals surface area (Å²) in [6, 6.07) is 0. The molecule has 0 aromatic heterocycles. The first kappa shape index (κ1) is 11.6. The first-order chi connectivity index (χ1) is 6.31. The summed E-state index contributed by atoms with van der Waals surface area (Å²) in [5, 5.41) is 0. The van der Waals surface area contributed by atoms with Gasteiger partial charge in [-0.1, -0.05) is 37.8 Å². The molecule has 13 heavy (non-hydrogen) atoms. The third-order valence-corrected chi connectivity index (χ3v) is 1.28. The lowest BCUT2D eigenvalue weighted by Crippen LogP contribution is -1.70. The minimum atomic E-state index is 0.783. The highest BCUT2D eigenvalue weighted by Gasteiger charge is 1.76. The minimum Gasteiger partial charge on any atom is -0.262 e. The molecule has 0 aliphatic heterocycles. The van der Waals surface area contributed by atoms with Gasteiger partial charge in [-0.2, -0.15) is 0 Å². The van der Waals surface area contributed by atoms with Gasteiger partial charge in [-0.3, -0.25) is 4.99 Å². The molecule has 0 radical (unpaired) electrons. The van der Waals surface area contributed by atoms with Gasteiger partial charge >= 0.3 is 0 Å². The van der Waals surface area contributed by atoms with Crippen molar-refractivity contribution in [2.24, 2.45) is 4.99 Å². The van der Waals surface area contributed by atoms with Crippen LogP contribution in [0.1, 0.15) is 19.8 Å². The Morgan fingerprint density at radius 2 is 2.15 bits per heavy atom. The van der Waals surface area contributed by atoms with Gasteiger partial charge in [0.15, 0.2) is 0 Å². The molecule has 0 saturated carbocycles. The summed E-state index contributed by atoms with van der Waals surface area (Å²) < 4.78 is 0. The highest BCUT2D eigenvalue weighted by molar-refractivity contribution is 5.58. The standard InChI is InChI=1S/C12H17N/c1-4-6-7-8-9-10-12(3)13-11-5-2/h4,7-11H,1,3,5-6H2,2H3/b8-7-,10-9-,13-11?. The Bertz CT molecular complexity index is 232. The third kappa shape index (κ3) is 8.54. The highest BCUT2D eigenvalue weighted by atomic mass is 14.7. The molecular formula is C12H17N. The number of hydrogen-bond acceptors (Lipinski definition) is 1. The van der Waals surface area contributed by atoms with Crippen LogP contribution in [0.2, 0.25) is 0 Å². The largest absolute Gasteiger partial charge is 0.262 e. The molecule has 0 saturated heterocycles. The van der Waals surface area contributed by atoms with Crippen molar-refractivity contribution >= 4 is 6.21 Å². The van der Waals surface area contributed by atoms with E-state index in [0.29, 0.717) is 0 Å². The maximum Gasteiger partial charge on any atom is 0.0553 e. The Kier molecular flexibility index (Phi) is 7.80. The van der Waals surface area contributed by atoms with Crippen LogP contribution in [0, 0.1) is 0 Å². The van der Waals surface area contributed by atoms with Crippen LogP contribution in [0.15, 0.2) is 54.2 Å². The van der Waals surface area contributed by atoms with Gasteiger partial charge in [0, 0.05) is 6.21 Å². The van der Waals surface area contributed by atoms with Gasteiger partial charge in [0.25, 0.3) is 0 Å². The summed E-state index contributed by atoms with van der Waals surface area (Å²) in [7, 11) is 0. The Balaban J connectivity index is 3.77.